The Hall–Kier alpha value is -1.60. The van der Waals surface area contributed by atoms with Crippen LogP contribution in [0.2, 0.25) is 0 Å². The Balaban J connectivity index is 0.000000516. The molecule has 2 aliphatic rings. The molecule has 1 amide bonds. The van der Waals surface area contributed by atoms with Crippen molar-refractivity contribution in [2.75, 3.05) is 37.5 Å². The Morgan fingerprint density at radius 2 is 1.86 bits per heavy atom. The highest BCUT2D eigenvalue weighted by Crippen LogP contribution is 2.21. The number of carboxylic acids is 1. The quantitative estimate of drug-likeness (QED) is 0.423. The van der Waals surface area contributed by atoms with Crippen LogP contribution >= 0.6 is 11.8 Å². The van der Waals surface area contributed by atoms with Crippen LogP contribution in [0.5, 0.6) is 0 Å². The summed E-state index contributed by atoms with van der Waals surface area (Å²) in [6.07, 6.45) is -2.68. The summed E-state index contributed by atoms with van der Waals surface area (Å²) in [6, 6.07) is 1.73. The van der Waals surface area contributed by atoms with Gasteiger partial charge in [0.05, 0.1) is 24.7 Å². The average Bonchev–Trinajstić information content (AvgIpc) is 3.09. The van der Waals surface area contributed by atoms with Crippen LogP contribution in [-0.4, -0.2) is 95.4 Å². The number of carbonyl (C=O) groups is 2. The number of rotatable bonds is 4. The number of hydrogen-bond donors (Lipinski definition) is 2. The Morgan fingerprint density at radius 1 is 1.34 bits per heavy atom. The molecule has 0 aliphatic carbocycles. The van der Waals surface area contributed by atoms with Crippen molar-refractivity contribution in [3.05, 3.63) is 0 Å². The van der Waals surface area contributed by atoms with Gasteiger partial charge in [-0.05, 0) is 12.8 Å². The van der Waals surface area contributed by atoms with Crippen molar-refractivity contribution in [3.63, 3.8) is 0 Å². The number of hydrazine groups is 1. The average molecular weight is 461 g/mol. The molecule has 166 valence electrons. The van der Waals surface area contributed by atoms with Crippen molar-refractivity contribution in [2.24, 2.45) is 5.84 Å². The molecule has 0 spiro atoms. The summed E-state index contributed by atoms with van der Waals surface area (Å²) in [5.41, 5.74) is 0. The fraction of sp³-hybridized carbons (Fsp3) is 0.786. The molecule has 1 unspecified atom stereocenters. The molecule has 0 saturated carbocycles. The van der Waals surface area contributed by atoms with Gasteiger partial charge in [-0.15, -0.1) is 11.8 Å². The number of nitriles is 1. The van der Waals surface area contributed by atoms with E-state index < -0.39 is 22.2 Å². The minimum atomic E-state index is -5.08. The predicted molar refractivity (Wildman–Crippen MR) is 97.6 cm³/mol. The largest absolute Gasteiger partial charge is 0.490 e. The summed E-state index contributed by atoms with van der Waals surface area (Å²) in [5, 5.41) is 17.6. The number of halogens is 3. The molecule has 0 bridgehead atoms. The molecule has 2 rings (SSSR count). The Kier molecular flexibility index (Phi) is 9.15. The smallest absolute Gasteiger partial charge is 0.475 e. The number of nitrogens with zero attached hydrogens (tertiary/aromatic N) is 4. The van der Waals surface area contributed by atoms with Gasteiger partial charge in [0.2, 0.25) is 15.9 Å². The molecule has 29 heavy (non-hydrogen) atoms. The molecule has 0 aromatic rings. The van der Waals surface area contributed by atoms with E-state index in [4.69, 9.17) is 21.0 Å². The predicted octanol–water partition coefficient (Wildman–Crippen LogP) is -0.356. The first-order valence-corrected chi connectivity index (χ1v) is 11.3. The highest BCUT2D eigenvalue weighted by molar-refractivity contribution is 7.99. The van der Waals surface area contributed by atoms with Crippen molar-refractivity contribution >= 4 is 33.7 Å². The first-order chi connectivity index (χ1) is 13.3. The van der Waals surface area contributed by atoms with Crippen molar-refractivity contribution in [1.29, 1.82) is 5.26 Å². The van der Waals surface area contributed by atoms with Gasteiger partial charge in [-0.1, -0.05) is 0 Å². The van der Waals surface area contributed by atoms with Crippen molar-refractivity contribution in [2.45, 2.75) is 31.1 Å². The van der Waals surface area contributed by atoms with Gasteiger partial charge in [0, 0.05) is 24.9 Å². The molecular weight excluding hydrogens is 439 g/mol. The molecule has 2 aliphatic heterocycles. The number of piperidine rings is 1. The minimum absolute atomic E-state index is 0.0160. The molecule has 0 aromatic heterocycles. The van der Waals surface area contributed by atoms with E-state index in [0.717, 1.165) is 0 Å². The fourth-order valence-electron chi connectivity index (χ4n) is 2.68. The minimum Gasteiger partial charge on any atom is -0.475 e. The van der Waals surface area contributed by atoms with Crippen LogP contribution in [-0.2, 0) is 19.6 Å². The number of thioether (sulfide) groups is 1. The van der Waals surface area contributed by atoms with Gasteiger partial charge in [-0.25, -0.2) is 22.5 Å². The Bertz CT molecular complexity index is 735. The second-order valence-electron chi connectivity index (χ2n) is 6.38. The molecule has 15 heteroatoms. The van der Waals surface area contributed by atoms with Gasteiger partial charge >= 0.3 is 12.1 Å². The van der Waals surface area contributed by atoms with Gasteiger partial charge in [-0.2, -0.15) is 18.4 Å². The molecule has 2 heterocycles. The second-order valence-corrected chi connectivity index (χ2v) is 9.36. The van der Waals surface area contributed by atoms with Crippen LogP contribution in [0.25, 0.3) is 0 Å². The maximum atomic E-state index is 12.2. The van der Waals surface area contributed by atoms with E-state index in [1.807, 2.05) is 0 Å². The summed E-state index contributed by atoms with van der Waals surface area (Å²) in [5.74, 6) is 4.24. The van der Waals surface area contributed by atoms with E-state index in [0.29, 0.717) is 37.6 Å². The van der Waals surface area contributed by atoms with E-state index in [1.54, 1.807) is 16.7 Å². The fourth-order valence-corrected chi connectivity index (χ4v) is 4.65. The standard InChI is InChI=1S/C12H21N5O3S2.C2HF3O2/c1-22(19,20)15-4-2-10(3-5-15)17(14)7-12(18)16-9-21-8-11(16)6-13;3-2(4,5)1(6)7/h10-11H,2-5,7-9,14H2,1H3;(H,6,7). The third kappa shape index (κ3) is 7.97. The number of amides is 1. The normalized spacial score (nSPS) is 21.4. The van der Waals surface area contributed by atoms with E-state index in [1.165, 1.54) is 15.6 Å². The Labute approximate surface area is 170 Å². The van der Waals surface area contributed by atoms with E-state index in [-0.39, 0.29) is 24.5 Å². The van der Waals surface area contributed by atoms with Crippen molar-refractivity contribution < 1.29 is 36.3 Å². The number of hydrogen-bond acceptors (Lipinski definition) is 8. The molecule has 10 nitrogen and oxygen atoms in total. The highest BCUT2D eigenvalue weighted by Gasteiger charge is 2.38. The SMILES string of the molecule is CS(=O)(=O)N1CCC(N(N)CC(=O)N2CSCC2C#N)CC1.O=C(O)C(F)(F)F. The lowest BCUT2D eigenvalue weighted by molar-refractivity contribution is -0.192. The molecule has 0 aromatic carbocycles. The summed E-state index contributed by atoms with van der Waals surface area (Å²) in [4.78, 5) is 22.7. The molecule has 2 fully saturated rings. The number of carboxylic acid groups (broad SMARTS) is 1. The molecule has 1 atom stereocenters. The van der Waals surface area contributed by atoms with Crippen LogP contribution < -0.4 is 5.84 Å². The monoisotopic (exact) mass is 461 g/mol. The second kappa shape index (κ2) is 10.4. The number of nitrogens with two attached hydrogens (primary N) is 1. The van der Waals surface area contributed by atoms with Gasteiger partial charge in [0.25, 0.3) is 0 Å². The maximum Gasteiger partial charge on any atom is 0.490 e. The number of sulfonamides is 1. The van der Waals surface area contributed by atoms with Crippen LogP contribution in [0.15, 0.2) is 0 Å². The van der Waals surface area contributed by atoms with Gasteiger partial charge in [-0.3, -0.25) is 10.6 Å². The van der Waals surface area contributed by atoms with E-state index >= 15 is 0 Å². The van der Waals surface area contributed by atoms with Gasteiger partial charge in [0.15, 0.2) is 0 Å². The van der Waals surface area contributed by atoms with Gasteiger partial charge < -0.3 is 10.0 Å². The van der Waals surface area contributed by atoms with E-state index in [2.05, 4.69) is 6.07 Å². The number of carbonyl (C=O) groups excluding carboxylic acids is 1. The zero-order chi connectivity index (χ0) is 22.4. The van der Waals surface area contributed by atoms with Crippen molar-refractivity contribution in [1.82, 2.24) is 14.2 Å². The highest BCUT2D eigenvalue weighted by atomic mass is 32.2. The molecule has 0 radical (unpaired) electrons. The van der Waals surface area contributed by atoms with Crippen LogP contribution in [0.4, 0.5) is 13.2 Å². The molecule has 3 N–H and O–H groups in total. The van der Waals surface area contributed by atoms with Crippen LogP contribution in [0.1, 0.15) is 12.8 Å². The van der Waals surface area contributed by atoms with Crippen LogP contribution in [0, 0.1) is 11.3 Å². The topological polar surface area (TPSA) is 148 Å². The summed E-state index contributed by atoms with van der Waals surface area (Å²) < 4.78 is 56.1. The zero-order valence-corrected chi connectivity index (χ0v) is 17.1. The first kappa shape index (κ1) is 25.4. The third-order valence-electron chi connectivity index (χ3n) is 4.27. The molecular formula is C14H22F3N5O5S2. The maximum absolute atomic E-state index is 12.2. The van der Waals surface area contributed by atoms with E-state index in [9.17, 15) is 26.4 Å². The summed E-state index contributed by atoms with van der Waals surface area (Å²) >= 11 is 1.56. The van der Waals surface area contributed by atoms with Crippen molar-refractivity contribution in [3.8, 4) is 6.07 Å². The number of alkyl halides is 3. The zero-order valence-electron chi connectivity index (χ0n) is 15.5. The Morgan fingerprint density at radius 3 is 2.28 bits per heavy atom. The third-order valence-corrected chi connectivity index (χ3v) is 6.59. The lowest BCUT2D eigenvalue weighted by Gasteiger charge is -2.35. The summed E-state index contributed by atoms with van der Waals surface area (Å²) in [7, 11) is -3.16. The lowest BCUT2D eigenvalue weighted by Crippen LogP contribution is -2.53. The number of aliphatic carboxylic acids is 1. The van der Waals surface area contributed by atoms with Crippen LogP contribution in [0.3, 0.4) is 0 Å². The lowest BCUT2D eigenvalue weighted by atomic mass is 10.1. The first-order valence-electron chi connectivity index (χ1n) is 8.30. The molecule has 2 saturated heterocycles. The summed E-state index contributed by atoms with van der Waals surface area (Å²) in [6.45, 7) is 0.903. The van der Waals surface area contributed by atoms with Gasteiger partial charge in [0.1, 0.15) is 6.04 Å².